The van der Waals surface area contributed by atoms with Crippen molar-refractivity contribution in [2.45, 2.75) is 51.7 Å². The molecule has 2 unspecified atom stereocenters. The molecular formula is C13H27Cl2N3O. The van der Waals surface area contributed by atoms with Crippen LogP contribution in [0.3, 0.4) is 0 Å². The summed E-state index contributed by atoms with van der Waals surface area (Å²) in [6, 6.07) is 1.46. The predicted molar refractivity (Wildman–Crippen MR) is 83.4 cm³/mol. The number of carbonyl (C=O) groups excluding carboxylic acids is 1. The van der Waals surface area contributed by atoms with E-state index in [0.29, 0.717) is 30.6 Å². The Balaban J connectivity index is 0.00000162. The number of nitrogens with one attached hydrogen (secondary N) is 1. The molecule has 2 aliphatic heterocycles. The minimum absolute atomic E-state index is 0. The Labute approximate surface area is 129 Å². The van der Waals surface area contributed by atoms with Gasteiger partial charge in [0.25, 0.3) is 0 Å². The maximum atomic E-state index is 12.3. The van der Waals surface area contributed by atoms with Gasteiger partial charge >= 0.3 is 0 Å². The van der Waals surface area contributed by atoms with E-state index in [9.17, 15) is 4.79 Å². The molecule has 2 rings (SSSR count). The zero-order valence-electron chi connectivity index (χ0n) is 12.1. The smallest absolute Gasteiger partial charge is 0.237 e. The van der Waals surface area contributed by atoms with Gasteiger partial charge in [-0.15, -0.1) is 24.8 Å². The summed E-state index contributed by atoms with van der Waals surface area (Å²) >= 11 is 0. The summed E-state index contributed by atoms with van der Waals surface area (Å²) < 4.78 is 0. The van der Waals surface area contributed by atoms with Gasteiger partial charge in [0, 0.05) is 37.8 Å². The number of likely N-dealkylation sites (tertiary alicyclic amines) is 1. The monoisotopic (exact) mass is 311 g/mol. The van der Waals surface area contributed by atoms with Gasteiger partial charge in [-0.25, -0.2) is 0 Å². The number of amides is 1. The molecule has 0 aromatic carbocycles. The Kier molecular flexibility index (Phi) is 8.29. The lowest BCUT2D eigenvalue weighted by Gasteiger charge is -2.36. The largest absolute Gasteiger partial charge is 0.336 e. The number of hydrogen-bond donors (Lipinski definition) is 1. The van der Waals surface area contributed by atoms with Crippen LogP contribution in [-0.4, -0.2) is 60.0 Å². The van der Waals surface area contributed by atoms with E-state index >= 15 is 0 Å². The second kappa shape index (κ2) is 8.30. The van der Waals surface area contributed by atoms with Crippen LogP contribution >= 0.6 is 24.8 Å². The van der Waals surface area contributed by atoms with Gasteiger partial charge in [-0.3, -0.25) is 9.69 Å². The predicted octanol–water partition coefficient (Wildman–Crippen LogP) is 1.52. The van der Waals surface area contributed by atoms with Crippen molar-refractivity contribution in [1.29, 1.82) is 0 Å². The van der Waals surface area contributed by atoms with Crippen LogP contribution in [0.2, 0.25) is 0 Å². The molecule has 0 aromatic heterocycles. The molecule has 3 atom stereocenters. The second-order valence-corrected chi connectivity index (χ2v) is 5.59. The van der Waals surface area contributed by atoms with Crippen LogP contribution in [0.5, 0.6) is 0 Å². The molecule has 0 radical (unpaired) electrons. The molecule has 1 N–H and O–H groups in total. The molecule has 19 heavy (non-hydrogen) atoms. The number of hydrogen-bond acceptors (Lipinski definition) is 3. The van der Waals surface area contributed by atoms with E-state index in [2.05, 4.69) is 31.0 Å². The zero-order chi connectivity index (χ0) is 12.4. The van der Waals surface area contributed by atoms with Crippen LogP contribution in [0.1, 0.15) is 33.6 Å². The topological polar surface area (TPSA) is 35.6 Å². The quantitative estimate of drug-likeness (QED) is 0.840. The van der Waals surface area contributed by atoms with Gasteiger partial charge in [0.15, 0.2) is 0 Å². The molecule has 2 aliphatic rings. The van der Waals surface area contributed by atoms with Crippen LogP contribution in [0.15, 0.2) is 0 Å². The van der Waals surface area contributed by atoms with Gasteiger partial charge in [-0.05, 0) is 33.6 Å². The van der Waals surface area contributed by atoms with Crippen molar-refractivity contribution in [2.24, 2.45) is 0 Å². The van der Waals surface area contributed by atoms with Crippen molar-refractivity contribution in [3.05, 3.63) is 0 Å². The van der Waals surface area contributed by atoms with Crippen molar-refractivity contribution in [2.75, 3.05) is 26.2 Å². The summed E-state index contributed by atoms with van der Waals surface area (Å²) in [6.07, 6.45) is 2.46. The van der Waals surface area contributed by atoms with Crippen LogP contribution in [0.25, 0.3) is 0 Å². The SMILES string of the molecule is CC1CCC(C)N1CC(=O)N1CCNC[C@H]1C.Cl.Cl. The van der Waals surface area contributed by atoms with E-state index in [1.165, 1.54) is 12.8 Å². The number of carbonyl (C=O) groups is 1. The number of rotatable bonds is 2. The molecule has 4 nitrogen and oxygen atoms in total. The highest BCUT2D eigenvalue weighted by atomic mass is 35.5. The van der Waals surface area contributed by atoms with Crippen LogP contribution in [0, 0.1) is 0 Å². The van der Waals surface area contributed by atoms with Gasteiger partial charge in [0.05, 0.1) is 6.54 Å². The third kappa shape index (κ3) is 4.48. The van der Waals surface area contributed by atoms with Crippen molar-refractivity contribution < 1.29 is 4.79 Å². The van der Waals surface area contributed by atoms with E-state index < -0.39 is 0 Å². The third-order valence-electron chi connectivity index (χ3n) is 4.27. The Morgan fingerprint density at radius 1 is 1.11 bits per heavy atom. The molecular weight excluding hydrogens is 285 g/mol. The highest BCUT2D eigenvalue weighted by Gasteiger charge is 2.31. The van der Waals surface area contributed by atoms with E-state index in [4.69, 9.17) is 0 Å². The Bertz CT molecular complexity index is 281. The number of nitrogens with zero attached hydrogens (tertiary/aromatic N) is 2. The third-order valence-corrected chi connectivity index (χ3v) is 4.27. The molecule has 1 amide bonds. The molecule has 114 valence electrons. The van der Waals surface area contributed by atoms with Crippen LogP contribution in [0.4, 0.5) is 0 Å². The first kappa shape index (κ1) is 19.0. The lowest BCUT2D eigenvalue weighted by atomic mass is 10.2. The van der Waals surface area contributed by atoms with Gasteiger partial charge < -0.3 is 10.2 Å². The first-order chi connectivity index (χ1) is 8.09. The fourth-order valence-corrected chi connectivity index (χ4v) is 3.02. The Morgan fingerprint density at radius 2 is 1.68 bits per heavy atom. The number of halogens is 2. The van der Waals surface area contributed by atoms with Crippen molar-refractivity contribution in [3.63, 3.8) is 0 Å². The summed E-state index contributed by atoms with van der Waals surface area (Å²) in [5.74, 6) is 0.305. The molecule has 2 heterocycles. The molecule has 0 aromatic rings. The lowest BCUT2D eigenvalue weighted by molar-refractivity contribution is -0.135. The first-order valence-corrected chi connectivity index (χ1v) is 6.85. The summed E-state index contributed by atoms with van der Waals surface area (Å²) in [6.45, 7) is 9.91. The zero-order valence-corrected chi connectivity index (χ0v) is 13.7. The summed E-state index contributed by atoms with van der Waals surface area (Å²) in [5.41, 5.74) is 0. The highest BCUT2D eigenvalue weighted by molar-refractivity contribution is 5.85. The van der Waals surface area contributed by atoms with E-state index in [1.807, 2.05) is 4.90 Å². The molecule has 2 saturated heterocycles. The molecule has 0 bridgehead atoms. The summed E-state index contributed by atoms with van der Waals surface area (Å²) in [5, 5.41) is 3.32. The van der Waals surface area contributed by atoms with Gasteiger partial charge in [0.2, 0.25) is 5.91 Å². The van der Waals surface area contributed by atoms with Crippen molar-refractivity contribution in [1.82, 2.24) is 15.1 Å². The second-order valence-electron chi connectivity index (χ2n) is 5.59. The molecule has 6 heteroatoms. The molecule has 0 spiro atoms. The normalized spacial score (nSPS) is 31.5. The Morgan fingerprint density at radius 3 is 2.21 bits per heavy atom. The van der Waals surface area contributed by atoms with E-state index in [-0.39, 0.29) is 24.8 Å². The fourth-order valence-electron chi connectivity index (χ4n) is 3.02. The summed E-state index contributed by atoms with van der Waals surface area (Å²) in [4.78, 5) is 16.7. The van der Waals surface area contributed by atoms with Gasteiger partial charge in [-0.1, -0.05) is 0 Å². The van der Waals surface area contributed by atoms with Crippen molar-refractivity contribution >= 4 is 30.7 Å². The van der Waals surface area contributed by atoms with Gasteiger partial charge in [0.1, 0.15) is 0 Å². The number of piperazine rings is 1. The lowest BCUT2D eigenvalue weighted by Crippen LogP contribution is -2.55. The van der Waals surface area contributed by atoms with Gasteiger partial charge in [-0.2, -0.15) is 0 Å². The highest BCUT2D eigenvalue weighted by Crippen LogP contribution is 2.23. The van der Waals surface area contributed by atoms with E-state index in [1.54, 1.807) is 0 Å². The molecule has 2 fully saturated rings. The maximum absolute atomic E-state index is 12.3. The van der Waals surface area contributed by atoms with Crippen molar-refractivity contribution in [3.8, 4) is 0 Å². The van der Waals surface area contributed by atoms with E-state index in [0.717, 1.165) is 19.6 Å². The fraction of sp³-hybridized carbons (Fsp3) is 0.923. The average Bonchev–Trinajstić information content (AvgIpc) is 2.61. The minimum Gasteiger partial charge on any atom is -0.336 e. The maximum Gasteiger partial charge on any atom is 0.237 e. The minimum atomic E-state index is 0. The molecule has 0 saturated carbocycles. The first-order valence-electron chi connectivity index (χ1n) is 6.85. The average molecular weight is 312 g/mol. The van der Waals surface area contributed by atoms with Crippen LogP contribution in [-0.2, 0) is 4.79 Å². The molecule has 0 aliphatic carbocycles. The standard InChI is InChI=1S/C13H25N3O.2ClH/c1-10-4-5-11(2)16(10)9-13(17)15-7-6-14-8-12(15)3;;/h10-12,14H,4-9H2,1-3H3;2*1H/t10?,11?,12-;;/m1../s1. The summed E-state index contributed by atoms with van der Waals surface area (Å²) in [7, 11) is 0. The van der Waals surface area contributed by atoms with Crippen LogP contribution < -0.4 is 5.32 Å². The Hall–Kier alpha value is -0.0300.